The van der Waals surface area contributed by atoms with Crippen molar-refractivity contribution in [2.75, 3.05) is 16.8 Å². The Morgan fingerprint density at radius 2 is 1.69 bits per heavy atom. The number of aromatic hydroxyl groups is 3. The van der Waals surface area contributed by atoms with Crippen molar-refractivity contribution < 1.29 is 20.1 Å². The number of para-hydroxylation sites is 1. The number of amides is 1. The Bertz CT molecular complexity index is 1140. The number of benzene rings is 2. The van der Waals surface area contributed by atoms with Crippen molar-refractivity contribution >= 4 is 23.0 Å². The number of hydrogen-bond donors (Lipinski definition) is 4. The van der Waals surface area contributed by atoms with E-state index in [1.54, 1.807) is 12.1 Å². The third kappa shape index (κ3) is 6.81. The lowest BCUT2D eigenvalue weighted by atomic mass is 9.89. The lowest BCUT2D eigenvalue weighted by Crippen LogP contribution is -2.30. The van der Waals surface area contributed by atoms with Crippen LogP contribution in [0.15, 0.2) is 53.6 Å². The number of hydrogen-bond acceptors (Lipinski definition) is 5. The van der Waals surface area contributed by atoms with Gasteiger partial charge in [0.15, 0.2) is 0 Å². The molecule has 0 spiro atoms. The van der Waals surface area contributed by atoms with Gasteiger partial charge < -0.3 is 25.5 Å². The van der Waals surface area contributed by atoms with Crippen LogP contribution in [0.3, 0.4) is 0 Å². The summed E-state index contributed by atoms with van der Waals surface area (Å²) in [6.07, 6.45) is 9.64. The van der Waals surface area contributed by atoms with Gasteiger partial charge in [-0.15, -0.1) is 0 Å². The maximum absolute atomic E-state index is 13.4. The molecular formula is C29H38N2O4. The maximum Gasteiger partial charge on any atom is 0.260 e. The van der Waals surface area contributed by atoms with Gasteiger partial charge in [-0.3, -0.25) is 4.79 Å². The van der Waals surface area contributed by atoms with E-state index in [4.69, 9.17) is 0 Å². The molecule has 0 fully saturated rings. The number of carbonyl (C=O) groups is 1. The number of nitrogens with zero attached hydrogens (tertiary/aromatic N) is 1. The quantitative estimate of drug-likeness (QED) is 0.180. The van der Waals surface area contributed by atoms with Crippen LogP contribution < -0.4 is 10.2 Å². The molecule has 6 nitrogen and oxygen atoms in total. The Balaban J connectivity index is 1.75. The van der Waals surface area contributed by atoms with Gasteiger partial charge in [0.25, 0.3) is 5.91 Å². The standard InChI is InChI=1S/C29H38N2O4/c1-19(11-8-15-29(3,4)5)9-6-10-20(2)14-16-31-23-17-21(32)18-25(34)27(23)30-26-22(28(31)35)12-7-13-24(26)33/h7,9,12-14,17-18,30,32-34H,6,8,10-11,15-16H2,1-5H3/b19-9+,20-14+. The first-order valence-corrected chi connectivity index (χ1v) is 12.2. The molecule has 2 aromatic carbocycles. The minimum atomic E-state index is -0.328. The fraction of sp³-hybridized carbons (Fsp3) is 0.414. The minimum absolute atomic E-state index is 0.0903. The first kappa shape index (κ1) is 26.2. The van der Waals surface area contributed by atoms with Gasteiger partial charge in [0.05, 0.1) is 16.9 Å². The first-order chi connectivity index (χ1) is 16.5. The molecule has 1 heterocycles. The van der Waals surface area contributed by atoms with E-state index < -0.39 is 0 Å². The van der Waals surface area contributed by atoms with Crippen LogP contribution in [0.25, 0.3) is 0 Å². The molecule has 35 heavy (non-hydrogen) atoms. The van der Waals surface area contributed by atoms with E-state index in [0.29, 0.717) is 16.7 Å². The van der Waals surface area contributed by atoms with Crippen LogP contribution in [-0.4, -0.2) is 27.8 Å². The Kier molecular flexibility index (Phi) is 8.15. The highest BCUT2D eigenvalue weighted by Crippen LogP contribution is 2.45. The molecule has 1 aliphatic rings. The highest BCUT2D eigenvalue weighted by atomic mass is 16.3. The van der Waals surface area contributed by atoms with Gasteiger partial charge in [0.2, 0.25) is 0 Å². The third-order valence-corrected chi connectivity index (χ3v) is 6.29. The summed E-state index contributed by atoms with van der Waals surface area (Å²) in [6, 6.07) is 7.36. The van der Waals surface area contributed by atoms with Gasteiger partial charge in [-0.2, -0.15) is 0 Å². The number of phenols is 3. The molecule has 0 atom stereocenters. The molecule has 0 aliphatic carbocycles. The second kappa shape index (κ2) is 10.9. The molecule has 0 bridgehead atoms. The topological polar surface area (TPSA) is 93.0 Å². The average molecular weight is 479 g/mol. The van der Waals surface area contributed by atoms with Crippen LogP contribution in [0.1, 0.15) is 77.1 Å². The molecule has 0 saturated carbocycles. The largest absolute Gasteiger partial charge is 0.508 e. The fourth-order valence-corrected chi connectivity index (χ4v) is 4.24. The van der Waals surface area contributed by atoms with E-state index in [2.05, 4.69) is 39.1 Å². The van der Waals surface area contributed by atoms with Crippen LogP contribution in [0, 0.1) is 5.41 Å². The Hall–Kier alpha value is -3.41. The van der Waals surface area contributed by atoms with E-state index >= 15 is 0 Å². The summed E-state index contributed by atoms with van der Waals surface area (Å²) in [7, 11) is 0. The Morgan fingerprint density at radius 3 is 2.40 bits per heavy atom. The van der Waals surface area contributed by atoms with E-state index in [-0.39, 0.29) is 41.1 Å². The second-order valence-corrected chi connectivity index (χ2v) is 10.7. The number of rotatable bonds is 8. The summed E-state index contributed by atoms with van der Waals surface area (Å²) in [5.41, 5.74) is 4.06. The smallest absolute Gasteiger partial charge is 0.260 e. The van der Waals surface area contributed by atoms with Gasteiger partial charge in [-0.05, 0) is 63.5 Å². The molecule has 0 unspecified atom stereocenters. The van der Waals surface area contributed by atoms with Crippen molar-refractivity contribution in [1.82, 2.24) is 0 Å². The molecule has 3 rings (SSSR count). The van der Waals surface area contributed by atoms with Crippen LogP contribution >= 0.6 is 0 Å². The third-order valence-electron chi connectivity index (χ3n) is 6.29. The van der Waals surface area contributed by atoms with Crippen molar-refractivity contribution in [2.45, 2.75) is 66.7 Å². The van der Waals surface area contributed by atoms with Gasteiger partial charge in [0, 0.05) is 18.7 Å². The van der Waals surface area contributed by atoms with Crippen molar-refractivity contribution in [2.24, 2.45) is 5.41 Å². The predicted octanol–water partition coefficient (Wildman–Crippen LogP) is 7.40. The van der Waals surface area contributed by atoms with E-state index in [1.165, 1.54) is 41.5 Å². The van der Waals surface area contributed by atoms with Crippen LogP contribution in [-0.2, 0) is 0 Å². The molecular weight excluding hydrogens is 440 g/mol. The number of phenolic OH excluding ortho intramolecular Hbond substituents is 3. The van der Waals surface area contributed by atoms with E-state index in [9.17, 15) is 20.1 Å². The minimum Gasteiger partial charge on any atom is -0.508 e. The van der Waals surface area contributed by atoms with Crippen molar-refractivity contribution in [3.05, 3.63) is 59.2 Å². The molecule has 188 valence electrons. The summed E-state index contributed by atoms with van der Waals surface area (Å²) in [5, 5.41) is 33.9. The zero-order valence-corrected chi connectivity index (χ0v) is 21.5. The average Bonchev–Trinajstić information content (AvgIpc) is 2.87. The number of fused-ring (bicyclic) bond motifs is 2. The lowest BCUT2D eigenvalue weighted by molar-refractivity contribution is 0.0991. The van der Waals surface area contributed by atoms with Gasteiger partial charge in [-0.25, -0.2) is 0 Å². The summed E-state index contributed by atoms with van der Waals surface area (Å²) in [6.45, 7) is 11.3. The molecule has 0 aromatic heterocycles. The monoisotopic (exact) mass is 478 g/mol. The molecule has 4 N–H and O–H groups in total. The predicted molar refractivity (Wildman–Crippen MR) is 143 cm³/mol. The first-order valence-electron chi connectivity index (χ1n) is 12.2. The van der Waals surface area contributed by atoms with Crippen LogP contribution in [0.2, 0.25) is 0 Å². The van der Waals surface area contributed by atoms with Gasteiger partial charge in [-0.1, -0.05) is 50.1 Å². The molecule has 1 amide bonds. The molecule has 0 saturated heterocycles. The van der Waals surface area contributed by atoms with Gasteiger partial charge >= 0.3 is 0 Å². The number of anilines is 3. The molecule has 2 aromatic rings. The van der Waals surface area contributed by atoms with Crippen LogP contribution in [0.5, 0.6) is 17.2 Å². The maximum atomic E-state index is 13.4. The summed E-state index contributed by atoms with van der Waals surface area (Å²) in [4.78, 5) is 14.9. The highest BCUT2D eigenvalue weighted by Gasteiger charge is 2.29. The van der Waals surface area contributed by atoms with Gasteiger partial charge in [0.1, 0.15) is 22.9 Å². The normalized spacial score (nSPS) is 14.3. The molecule has 0 radical (unpaired) electrons. The Labute approximate surface area is 208 Å². The summed E-state index contributed by atoms with van der Waals surface area (Å²) < 4.78 is 0. The molecule has 6 heteroatoms. The SMILES string of the molecule is C/C(=C\CN1C(=O)c2cccc(O)c2Nc2c(O)cc(O)cc21)CC/C=C(\C)CCCC(C)(C)C. The van der Waals surface area contributed by atoms with Crippen molar-refractivity contribution in [1.29, 1.82) is 0 Å². The zero-order chi connectivity index (χ0) is 25.8. The highest BCUT2D eigenvalue weighted by molar-refractivity contribution is 6.15. The zero-order valence-electron chi connectivity index (χ0n) is 21.5. The molecule has 1 aliphatic heterocycles. The van der Waals surface area contributed by atoms with Crippen molar-refractivity contribution in [3.8, 4) is 17.2 Å². The number of carbonyl (C=O) groups excluding carboxylic acids is 1. The fourth-order valence-electron chi connectivity index (χ4n) is 4.24. The number of nitrogens with one attached hydrogen (secondary N) is 1. The van der Waals surface area contributed by atoms with E-state index in [1.807, 2.05) is 13.0 Å². The number of allylic oxidation sites excluding steroid dienone is 3. The summed E-state index contributed by atoms with van der Waals surface area (Å²) >= 11 is 0. The lowest BCUT2D eigenvalue weighted by Gasteiger charge is -2.22. The summed E-state index contributed by atoms with van der Waals surface area (Å²) in [5.74, 6) is -0.774. The Morgan fingerprint density at radius 1 is 0.971 bits per heavy atom. The second-order valence-electron chi connectivity index (χ2n) is 10.7. The van der Waals surface area contributed by atoms with E-state index in [0.717, 1.165) is 24.8 Å². The van der Waals surface area contributed by atoms with Crippen molar-refractivity contribution in [3.63, 3.8) is 0 Å². The van der Waals surface area contributed by atoms with Crippen LogP contribution in [0.4, 0.5) is 17.1 Å².